The lowest BCUT2D eigenvalue weighted by atomic mass is 9.96. The zero-order valence-corrected chi connectivity index (χ0v) is 20.8. The third-order valence-corrected chi connectivity index (χ3v) is 4.77. The maximum atomic E-state index is 13.3. The van der Waals surface area contributed by atoms with Crippen LogP contribution in [0.5, 0.6) is 0 Å². The van der Waals surface area contributed by atoms with Crippen LogP contribution in [0.3, 0.4) is 0 Å². The fourth-order valence-electron chi connectivity index (χ4n) is 2.96. The van der Waals surface area contributed by atoms with E-state index in [9.17, 15) is 23.2 Å². The van der Waals surface area contributed by atoms with Gasteiger partial charge in [-0.1, -0.05) is 52.0 Å². The van der Waals surface area contributed by atoms with Crippen LogP contribution < -0.4 is 10.6 Å². The molecule has 8 heteroatoms. The number of allylic oxidation sites excluding steroid dienone is 4. The minimum atomic E-state index is -0.977. The first kappa shape index (κ1) is 29.0. The van der Waals surface area contributed by atoms with Gasteiger partial charge in [0.25, 0.3) is 0 Å². The Labute approximate surface area is 200 Å². The predicted molar refractivity (Wildman–Crippen MR) is 128 cm³/mol. The van der Waals surface area contributed by atoms with Crippen LogP contribution in [0.2, 0.25) is 0 Å². The number of amides is 2. The summed E-state index contributed by atoms with van der Waals surface area (Å²) in [6.45, 7) is 11.2. The van der Waals surface area contributed by atoms with Crippen LogP contribution in [0.4, 0.5) is 8.78 Å². The van der Waals surface area contributed by atoms with Crippen LogP contribution in [0, 0.1) is 23.0 Å². The van der Waals surface area contributed by atoms with E-state index in [0.29, 0.717) is 12.5 Å². The van der Waals surface area contributed by atoms with Gasteiger partial charge in [-0.3, -0.25) is 9.59 Å². The molecular weight excluding hydrogens is 442 g/mol. The summed E-state index contributed by atoms with van der Waals surface area (Å²) in [6.07, 6.45) is 7.71. The van der Waals surface area contributed by atoms with Crippen LogP contribution in [-0.2, 0) is 25.5 Å². The molecule has 1 aromatic carbocycles. The first-order valence-electron chi connectivity index (χ1n) is 11.3. The van der Waals surface area contributed by atoms with Crippen molar-refractivity contribution in [3.05, 3.63) is 59.7 Å². The van der Waals surface area contributed by atoms with Crippen molar-refractivity contribution in [2.24, 2.45) is 11.3 Å². The molecule has 0 aromatic heterocycles. The van der Waals surface area contributed by atoms with Gasteiger partial charge >= 0.3 is 5.97 Å². The highest BCUT2D eigenvalue weighted by molar-refractivity contribution is 5.91. The van der Waals surface area contributed by atoms with Gasteiger partial charge < -0.3 is 15.4 Å². The first-order valence-corrected chi connectivity index (χ1v) is 11.3. The lowest BCUT2D eigenvalue weighted by Gasteiger charge is -2.26. The summed E-state index contributed by atoms with van der Waals surface area (Å²) in [4.78, 5) is 37.8. The third kappa shape index (κ3) is 11.2. The van der Waals surface area contributed by atoms with Gasteiger partial charge in [-0.05, 0) is 49.3 Å². The number of nitrogens with one attached hydrogen (secondary N) is 2. The molecule has 0 aliphatic rings. The summed E-state index contributed by atoms with van der Waals surface area (Å²) < 4.78 is 32.1. The Balaban J connectivity index is 2.83. The molecule has 0 spiro atoms. The molecule has 2 amide bonds. The van der Waals surface area contributed by atoms with E-state index < -0.39 is 41.5 Å². The van der Waals surface area contributed by atoms with Crippen molar-refractivity contribution in [3.63, 3.8) is 0 Å². The molecule has 0 saturated heterocycles. The highest BCUT2D eigenvalue weighted by atomic mass is 19.1. The van der Waals surface area contributed by atoms with Crippen LogP contribution in [-0.4, -0.2) is 36.5 Å². The van der Waals surface area contributed by atoms with Gasteiger partial charge in [-0.25, -0.2) is 13.6 Å². The number of benzene rings is 1. The van der Waals surface area contributed by atoms with E-state index in [2.05, 4.69) is 10.6 Å². The fraction of sp³-hybridized carbons (Fsp3) is 0.500. The van der Waals surface area contributed by atoms with Crippen LogP contribution in [0.1, 0.15) is 53.5 Å². The molecule has 1 unspecified atom stereocenters. The zero-order chi connectivity index (χ0) is 25.9. The van der Waals surface area contributed by atoms with Gasteiger partial charge in [-0.2, -0.15) is 0 Å². The largest absolute Gasteiger partial charge is 0.464 e. The molecule has 34 heavy (non-hydrogen) atoms. The second-order valence-corrected chi connectivity index (χ2v) is 9.57. The number of halogens is 2. The molecule has 0 radical (unpaired) electrons. The molecule has 0 aliphatic carbocycles. The first-order chi connectivity index (χ1) is 15.8. The molecule has 1 rings (SSSR count). The van der Waals surface area contributed by atoms with Gasteiger partial charge in [0.15, 0.2) is 0 Å². The van der Waals surface area contributed by atoms with Crippen LogP contribution in [0.15, 0.2) is 42.5 Å². The maximum Gasteiger partial charge on any atom is 0.328 e. The van der Waals surface area contributed by atoms with E-state index in [1.165, 1.54) is 6.92 Å². The highest BCUT2D eigenvalue weighted by Crippen LogP contribution is 2.16. The number of ether oxygens (including phenoxy) is 1. The molecule has 0 fully saturated rings. The van der Waals surface area contributed by atoms with Gasteiger partial charge in [-0.15, -0.1) is 0 Å². The van der Waals surface area contributed by atoms with E-state index in [4.69, 9.17) is 4.74 Å². The third-order valence-electron chi connectivity index (χ3n) is 4.77. The van der Waals surface area contributed by atoms with Gasteiger partial charge in [0.1, 0.15) is 23.7 Å². The number of carbonyl (C=O) groups is 3. The summed E-state index contributed by atoms with van der Waals surface area (Å²) in [7, 11) is 0. The average molecular weight is 479 g/mol. The standard InChI is InChI=1S/C26H36F2N2O4/c1-7-8-9-10-11-17(2)23(25(33)34-16-26(4,5)6)30-24(32)18(3)29-22(31)14-19-12-20(27)15-21(28)13-19/h7-10,12-13,15,17-18,23H,11,14,16H2,1-6H3,(H,29,31)(H,30,32)/b8-7-,10-9-/t17?,18-,23-/m0/s1. The monoisotopic (exact) mass is 478 g/mol. The smallest absolute Gasteiger partial charge is 0.328 e. The van der Waals surface area contributed by atoms with Crippen LogP contribution in [0.25, 0.3) is 0 Å². The molecular formula is C26H36F2N2O4. The molecule has 0 aliphatic heterocycles. The van der Waals surface area contributed by atoms with Crippen molar-refractivity contribution in [3.8, 4) is 0 Å². The Morgan fingerprint density at radius 2 is 1.65 bits per heavy atom. The second-order valence-electron chi connectivity index (χ2n) is 9.57. The zero-order valence-electron chi connectivity index (χ0n) is 20.8. The Morgan fingerprint density at radius 1 is 1.03 bits per heavy atom. The maximum absolute atomic E-state index is 13.3. The van der Waals surface area contributed by atoms with E-state index >= 15 is 0 Å². The number of rotatable bonds is 11. The lowest BCUT2D eigenvalue weighted by Crippen LogP contribution is -2.53. The minimum absolute atomic E-state index is 0.146. The number of esters is 1. The van der Waals surface area contributed by atoms with Gasteiger partial charge in [0, 0.05) is 6.07 Å². The van der Waals surface area contributed by atoms with Crippen molar-refractivity contribution < 1.29 is 27.9 Å². The Hall–Kier alpha value is -3.03. The normalized spacial score (nSPS) is 14.6. The van der Waals surface area contributed by atoms with Crippen molar-refractivity contribution >= 4 is 17.8 Å². The Bertz CT molecular complexity index is 886. The number of hydrogen-bond donors (Lipinski definition) is 2. The van der Waals surface area contributed by atoms with E-state index in [1.807, 2.05) is 58.9 Å². The predicted octanol–water partition coefficient (Wildman–Crippen LogP) is 4.24. The van der Waals surface area contributed by atoms with Gasteiger partial charge in [0.05, 0.1) is 13.0 Å². The summed E-state index contributed by atoms with van der Waals surface area (Å²) >= 11 is 0. The second kappa shape index (κ2) is 13.6. The molecule has 2 N–H and O–H groups in total. The molecule has 0 bridgehead atoms. The summed E-state index contributed by atoms with van der Waals surface area (Å²) in [5.74, 6) is -3.55. The summed E-state index contributed by atoms with van der Waals surface area (Å²) in [5.41, 5.74) is -0.0931. The van der Waals surface area contributed by atoms with Crippen molar-refractivity contribution in [2.75, 3.05) is 6.61 Å². The topological polar surface area (TPSA) is 84.5 Å². The highest BCUT2D eigenvalue weighted by Gasteiger charge is 2.30. The van der Waals surface area contributed by atoms with Gasteiger partial charge in [0.2, 0.25) is 11.8 Å². The van der Waals surface area contributed by atoms with E-state index in [0.717, 1.165) is 12.1 Å². The lowest BCUT2D eigenvalue weighted by molar-refractivity contribution is -0.152. The number of hydrogen-bond acceptors (Lipinski definition) is 4. The molecule has 3 atom stereocenters. The summed E-state index contributed by atoms with van der Waals surface area (Å²) in [5, 5.41) is 5.18. The summed E-state index contributed by atoms with van der Waals surface area (Å²) in [6, 6.07) is 0.928. The SMILES string of the molecule is C/C=C\C=C/CC(C)[C@H](NC(=O)[C@H](C)NC(=O)Cc1cc(F)cc(F)c1)C(=O)OCC(C)(C)C. The van der Waals surface area contributed by atoms with Crippen molar-refractivity contribution in [1.29, 1.82) is 0 Å². The molecule has 0 saturated carbocycles. The average Bonchev–Trinajstić information content (AvgIpc) is 2.71. The Kier molecular flexibility index (Phi) is 11.6. The van der Waals surface area contributed by atoms with Crippen molar-refractivity contribution in [2.45, 2.75) is 66.5 Å². The minimum Gasteiger partial charge on any atom is -0.464 e. The van der Waals surface area contributed by atoms with Crippen LogP contribution >= 0.6 is 0 Å². The molecule has 6 nitrogen and oxygen atoms in total. The quantitative estimate of drug-likeness (QED) is 0.368. The number of carbonyl (C=O) groups excluding carboxylic acids is 3. The molecule has 0 heterocycles. The Morgan fingerprint density at radius 3 is 2.21 bits per heavy atom. The molecule has 1 aromatic rings. The molecule has 188 valence electrons. The van der Waals surface area contributed by atoms with Crippen molar-refractivity contribution in [1.82, 2.24) is 10.6 Å². The van der Waals surface area contributed by atoms with E-state index in [-0.39, 0.29) is 29.9 Å². The van der Waals surface area contributed by atoms with E-state index in [1.54, 1.807) is 0 Å². The fourth-order valence-corrected chi connectivity index (χ4v) is 2.96.